The molecule has 0 aromatic carbocycles. The second-order valence-electron chi connectivity index (χ2n) is 7.00. The van der Waals surface area contributed by atoms with E-state index in [1.54, 1.807) is 13.8 Å². The number of amides is 1. The molecule has 8 heteroatoms. The molecule has 0 spiro atoms. The lowest BCUT2D eigenvalue weighted by Gasteiger charge is -2.34. The third-order valence-electron chi connectivity index (χ3n) is 5.11. The molecule has 1 saturated heterocycles. The molecular weight excluding hydrogens is 346 g/mol. The van der Waals surface area contributed by atoms with E-state index >= 15 is 0 Å². The number of aryl methyl sites for hydroxylation is 3. The summed E-state index contributed by atoms with van der Waals surface area (Å²) in [6.07, 6.45) is 3.47. The number of carbonyl (C=O) groups is 1. The number of oxazole rings is 1. The topological polar surface area (TPSA) is 96.5 Å². The second kappa shape index (κ2) is 6.68. The van der Waals surface area contributed by atoms with Gasteiger partial charge < -0.3 is 9.32 Å². The van der Waals surface area contributed by atoms with E-state index in [1.165, 1.54) is 10.6 Å². The molecular formula is C19H23N5O3. The van der Waals surface area contributed by atoms with E-state index in [4.69, 9.17) is 4.42 Å². The number of piperidine rings is 1. The van der Waals surface area contributed by atoms with Gasteiger partial charge in [0.25, 0.3) is 11.5 Å². The zero-order valence-electron chi connectivity index (χ0n) is 15.8. The zero-order chi connectivity index (χ0) is 19.1. The van der Waals surface area contributed by atoms with Gasteiger partial charge in [-0.05, 0) is 32.6 Å². The van der Waals surface area contributed by atoms with Gasteiger partial charge in [-0.2, -0.15) is 0 Å². The minimum Gasteiger partial charge on any atom is -0.436 e. The van der Waals surface area contributed by atoms with Gasteiger partial charge in [0.2, 0.25) is 5.76 Å². The first kappa shape index (κ1) is 17.5. The largest absolute Gasteiger partial charge is 0.436 e. The third-order valence-corrected chi connectivity index (χ3v) is 5.11. The minimum absolute atomic E-state index is 0.140. The van der Waals surface area contributed by atoms with Gasteiger partial charge in [-0.3, -0.25) is 14.7 Å². The Morgan fingerprint density at radius 3 is 2.81 bits per heavy atom. The Bertz CT molecular complexity index is 1060. The van der Waals surface area contributed by atoms with Crippen LogP contribution in [0.5, 0.6) is 0 Å². The van der Waals surface area contributed by atoms with Crippen LogP contribution in [0.1, 0.15) is 65.8 Å². The highest BCUT2D eigenvalue weighted by molar-refractivity contribution is 5.92. The maximum atomic E-state index is 13.1. The van der Waals surface area contributed by atoms with Gasteiger partial charge in [-0.15, -0.1) is 0 Å². The van der Waals surface area contributed by atoms with Gasteiger partial charge >= 0.3 is 0 Å². The number of nitrogens with zero attached hydrogens (tertiary/aromatic N) is 4. The number of carbonyl (C=O) groups excluding carboxylic acids is 1. The quantitative estimate of drug-likeness (QED) is 0.765. The molecule has 3 aromatic rings. The Labute approximate surface area is 156 Å². The van der Waals surface area contributed by atoms with Crippen LogP contribution >= 0.6 is 0 Å². The molecule has 3 aromatic heterocycles. The number of H-pyrrole nitrogens is 1. The zero-order valence-corrected chi connectivity index (χ0v) is 15.8. The number of hydrogen-bond donors (Lipinski definition) is 1. The van der Waals surface area contributed by atoms with E-state index in [9.17, 15) is 9.59 Å². The minimum atomic E-state index is -0.161. The van der Waals surface area contributed by atoms with Crippen LogP contribution in [-0.2, 0) is 6.42 Å². The number of rotatable bonds is 3. The first-order chi connectivity index (χ1) is 13.0. The van der Waals surface area contributed by atoms with Crippen molar-refractivity contribution in [3.63, 3.8) is 0 Å². The fraction of sp³-hybridized carbons (Fsp3) is 0.474. The highest BCUT2D eigenvalue weighted by Gasteiger charge is 2.33. The van der Waals surface area contributed by atoms with Crippen molar-refractivity contribution in [3.05, 3.63) is 51.2 Å². The second-order valence-corrected chi connectivity index (χ2v) is 7.00. The summed E-state index contributed by atoms with van der Waals surface area (Å²) in [6.45, 7) is 6.12. The number of likely N-dealkylation sites (tertiary alicyclic amines) is 1. The van der Waals surface area contributed by atoms with Crippen LogP contribution in [0.3, 0.4) is 0 Å². The standard InChI is InChI=1S/C19H23N5O3/c1-4-13-9-17(25)24-16(21-13)10-14(22-24)15-7-5-6-8-23(15)19(26)18-11(2)20-12(3)27-18/h9-10,15,22H,4-8H2,1-3H3/t15-/m1/s1. The summed E-state index contributed by atoms with van der Waals surface area (Å²) in [5, 5.41) is 3.14. The predicted molar refractivity (Wildman–Crippen MR) is 98.8 cm³/mol. The summed E-state index contributed by atoms with van der Waals surface area (Å²) in [5.74, 6) is 0.614. The molecule has 0 aliphatic carbocycles. The summed E-state index contributed by atoms with van der Waals surface area (Å²) in [7, 11) is 0. The Morgan fingerprint density at radius 2 is 2.11 bits per heavy atom. The first-order valence-corrected chi connectivity index (χ1v) is 9.34. The van der Waals surface area contributed by atoms with Crippen molar-refractivity contribution in [1.29, 1.82) is 0 Å². The van der Waals surface area contributed by atoms with Gasteiger partial charge in [0, 0.05) is 31.3 Å². The summed E-state index contributed by atoms with van der Waals surface area (Å²) in [5.41, 5.74) is 2.62. The van der Waals surface area contributed by atoms with Crippen molar-refractivity contribution in [2.24, 2.45) is 0 Å². The van der Waals surface area contributed by atoms with E-state index in [-0.39, 0.29) is 17.5 Å². The molecule has 0 radical (unpaired) electrons. The van der Waals surface area contributed by atoms with Crippen molar-refractivity contribution in [3.8, 4) is 0 Å². The highest BCUT2D eigenvalue weighted by Crippen LogP contribution is 2.32. The monoisotopic (exact) mass is 369 g/mol. The van der Waals surface area contributed by atoms with Crippen LogP contribution in [-0.4, -0.2) is 36.9 Å². The van der Waals surface area contributed by atoms with Gasteiger partial charge in [0.05, 0.1) is 17.4 Å². The summed E-state index contributed by atoms with van der Waals surface area (Å²) in [4.78, 5) is 36.0. The molecule has 0 bridgehead atoms. The Hall–Kier alpha value is -2.90. The van der Waals surface area contributed by atoms with Gasteiger partial charge in [0.15, 0.2) is 11.5 Å². The van der Waals surface area contributed by atoms with Crippen molar-refractivity contribution >= 4 is 11.6 Å². The molecule has 1 aliphatic heterocycles. The van der Waals surface area contributed by atoms with Crippen LogP contribution in [0, 0.1) is 13.8 Å². The third kappa shape index (κ3) is 3.05. The number of fused-ring (bicyclic) bond motifs is 1. The molecule has 1 atom stereocenters. The molecule has 0 unspecified atom stereocenters. The average molecular weight is 369 g/mol. The normalized spacial score (nSPS) is 17.6. The Kier molecular flexibility index (Phi) is 4.33. The molecule has 0 saturated carbocycles. The number of aromatic amines is 1. The Balaban J connectivity index is 1.73. The molecule has 1 aliphatic rings. The number of aromatic nitrogens is 4. The van der Waals surface area contributed by atoms with Crippen molar-refractivity contribution in [2.45, 2.75) is 52.5 Å². The van der Waals surface area contributed by atoms with Crippen LogP contribution in [0.4, 0.5) is 0 Å². The lowest BCUT2D eigenvalue weighted by atomic mass is 9.99. The van der Waals surface area contributed by atoms with Crippen molar-refractivity contribution < 1.29 is 9.21 Å². The van der Waals surface area contributed by atoms with Crippen LogP contribution in [0.25, 0.3) is 5.65 Å². The maximum absolute atomic E-state index is 13.1. The molecule has 8 nitrogen and oxygen atoms in total. The molecule has 4 heterocycles. The van der Waals surface area contributed by atoms with Crippen LogP contribution in [0.2, 0.25) is 0 Å². The van der Waals surface area contributed by atoms with Gasteiger partial charge in [0.1, 0.15) is 0 Å². The molecule has 1 fully saturated rings. The fourth-order valence-corrected chi connectivity index (χ4v) is 3.77. The fourth-order valence-electron chi connectivity index (χ4n) is 3.77. The smallest absolute Gasteiger partial charge is 0.292 e. The molecule has 27 heavy (non-hydrogen) atoms. The first-order valence-electron chi connectivity index (χ1n) is 9.34. The molecule has 1 amide bonds. The van der Waals surface area contributed by atoms with Gasteiger partial charge in [-0.25, -0.2) is 14.5 Å². The maximum Gasteiger partial charge on any atom is 0.292 e. The van der Waals surface area contributed by atoms with E-state index in [2.05, 4.69) is 15.1 Å². The summed E-state index contributed by atoms with van der Waals surface area (Å²) in [6, 6.07) is 3.26. The van der Waals surface area contributed by atoms with Crippen LogP contribution < -0.4 is 5.56 Å². The van der Waals surface area contributed by atoms with E-state index in [0.29, 0.717) is 36.0 Å². The SMILES string of the molecule is CCc1cc(=O)n2[nH]c([C@H]3CCCCN3C(=O)c3oc(C)nc3C)cc2n1. The Morgan fingerprint density at radius 1 is 1.30 bits per heavy atom. The highest BCUT2D eigenvalue weighted by atomic mass is 16.4. The average Bonchev–Trinajstić information content (AvgIpc) is 3.24. The van der Waals surface area contributed by atoms with Crippen molar-refractivity contribution in [1.82, 2.24) is 24.5 Å². The van der Waals surface area contributed by atoms with E-state index < -0.39 is 0 Å². The molecule has 1 N–H and O–H groups in total. The number of nitrogens with one attached hydrogen (secondary N) is 1. The molecule has 142 valence electrons. The summed E-state index contributed by atoms with van der Waals surface area (Å²) < 4.78 is 6.98. The number of hydrogen-bond acceptors (Lipinski definition) is 5. The molecule has 4 rings (SSSR count). The predicted octanol–water partition coefficient (Wildman–Crippen LogP) is 2.56. The van der Waals surface area contributed by atoms with E-state index in [0.717, 1.165) is 30.7 Å². The lowest BCUT2D eigenvalue weighted by Crippen LogP contribution is -2.39. The summed E-state index contributed by atoms with van der Waals surface area (Å²) >= 11 is 0. The van der Waals surface area contributed by atoms with E-state index in [1.807, 2.05) is 17.9 Å². The lowest BCUT2D eigenvalue weighted by molar-refractivity contribution is 0.0570. The van der Waals surface area contributed by atoms with Crippen molar-refractivity contribution in [2.75, 3.05) is 6.54 Å². The van der Waals surface area contributed by atoms with Gasteiger partial charge in [-0.1, -0.05) is 6.92 Å². The van der Waals surface area contributed by atoms with Crippen LogP contribution in [0.15, 0.2) is 21.3 Å².